The smallest absolute Gasteiger partial charge is 0.0946 e. The maximum absolute atomic E-state index is 4.18. The van der Waals surface area contributed by atoms with Crippen molar-refractivity contribution in [2.45, 2.75) is 30.9 Å². The number of hydrogen-bond acceptors (Lipinski definition) is 3. The van der Waals surface area contributed by atoms with E-state index in [1.807, 2.05) is 12.5 Å². The van der Waals surface area contributed by atoms with E-state index in [4.69, 9.17) is 0 Å². The SMILES string of the molecule is Cc1ccc(CC2(Cn3ccnc3)SCCS2)c(C)c1. The summed E-state index contributed by atoms with van der Waals surface area (Å²) in [5.74, 6) is 2.51. The first-order chi connectivity index (χ1) is 9.67. The fourth-order valence-corrected chi connectivity index (χ4v) is 5.98. The molecular weight excluding hydrogens is 284 g/mol. The van der Waals surface area contributed by atoms with E-state index < -0.39 is 0 Å². The van der Waals surface area contributed by atoms with E-state index in [9.17, 15) is 0 Å². The number of nitrogens with zero attached hydrogens (tertiary/aromatic N) is 2. The standard InChI is InChI=1S/C16H20N2S2/c1-13-3-4-15(14(2)9-13)10-16(19-7-8-20-16)11-18-6-5-17-12-18/h3-6,9,12H,7-8,10-11H2,1-2H3. The Balaban J connectivity index is 1.83. The molecule has 1 aromatic heterocycles. The van der Waals surface area contributed by atoms with Crippen LogP contribution in [0.3, 0.4) is 0 Å². The van der Waals surface area contributed by atoms with E-state index in [1.165, 1.54) is 28.2 Å². The third-order valence-electron chi connectivity index (χ3n) is 3.75. The predicted molar refractivity (Wildman–Crippen MR) is 89.5 cm³/mol. The highest BCUT2D eigenvalue weighted by atomic mass is 32.2. The molecule has 2 aromatic rings. The third-order valence-corrected chi connectivity index (χ3v) is 7.14. The Morgan fingerprint density at radius 1 is 1.25 bits per heavy atom. The van der Waals surface area contributed by atoms with Crippen LogP contribution in [0.25, 0.3) is 0 Å². The van der Waals surface area contributed by atoms with Crippen molar-refractivity contribution >= 4 is 23.5 Å². The van der Waals surface area contributed by atoms with Gasteiger partial charge in [-0.2, -0.15) is 0 Å². The second-order valence-corrected chi connectivity index (χ2v) is 8.66. The van der Waals surface area contributed by atoms with Gasteiger partial charge in [0.1, 0.15) is 0 Å². The lowest BCUT2D eigenvalue weighted by Crippen LogP contribution is -2.27. The summed E-state index contributed by atoms with van der Waals surface area (Å²) in [5.41, 5.74) is 4.25. The van der Waals surface area contributed by atoms with Gasteiger partial charge in [-0.05, 0) is 31.4 Å². The molecule has 1 fully saturated rings. The minimum atomic E-state index is 0.265. The molecule has 20 heavy (non-hydrogen) atoms. The summed E-state index contributed by atoms with van der Waals surface area (Å²) in [6.07, 6.45) is 7.01. The molecular formula is C16H20N2S2. The Bertz CT molecular complexity index is 572. The van der Waals surface area contributed by atoms with E-state index >= 15 is 0 Å². The van der Waals surface area contributed by atoms with E-state index in [-0.39, 0.29) is 4.08 Å². The van der Waals surface area contributed by atoms with Crippen LogP contribution in [-0.2, 0) is 13.0 Å². The van der Waals surface area contributed by atoms with Crippen LogP contribution < -0.4 is 0 Å². The Labute approximate surface area is 129 Å². The van der Waals surface area contributed by atoms with Crippen molar-refractivity contribution in [3.8, 4) is 0 Å². The van der Waals surface area contributed by atoms with Crippen molar-refractivity contribution in [1.82, 2.24) is 9.55 Å². The monoisotopic (exact) mass is 304 g/mol. The topological polar surface area (TPSA) is 17.8 Å². The lowest BCUT2D eigenvalue weighted by atomic mass is 10.0. The number of thioether (sulfide) groups is 2. The second kappa shape index (κ2) is 5.86. The number of hydrogen-bond donors (Lipinski definition) is 0. The highest BCUT2D eigenvalue weighted by molar-refractivity contribution is 8.21. The molecule has 4 heteroatoms. The van der Waals surface area contributed by atoms with Crippen LogP contribution in [0.5, 0.6) is 0 Å². The van der Waals surface area contributed by atoms with Crippen LogP contribution in [0.15, 0.2) is 36.9 Å². The molecule has 0 atom stereocenters. The minimum absolute atomic E-state index is 0.265. The Kier molecular flexibility index (Phi) is 4.13. The zero-order chi connectivity index (χ0) is 14.0. The molecule has 0 radical (unpaired) electrons. The van der Waals surface area contributed by atoms with Gasteiger partial charge in [0.15, 0.2) is 0 Å². The molecule has 0 unspecified atom stereocenters. The van der Waals surface area contributed by atoms with Crippen LogP contribution in [-0.4, -0.2) is 25.1 Å². The molecule has 0 spiro atoms. The highest BCUT2D eigenvalue weighted by Gasteiger charge is 2.36. The molecule has 3 rings (SSSR count). The highest BCUT2D eigenvalue weighted by Crippen LogP contribution is 2.47. The van der Waals surface area contributed by atoms with Crippen LogP contribution in [0.2, 0.25) is 0 Å². The van der Waals surface area contributed by atoms with E-state index in [0.29, 0.717) is 0 Å². The van der Waals surface area contributed by atoms with Crippen LogP contribution in [0.1, 0.15) is 16.7 Å². The van der Waals surface area contributed by atoms with E-state index in [2.05, 4.69) is 71.3 Å². The number of aromatic nitrogens is 2. The minimum Gasteiger partial charge on any atom is -0.335 e. The summed E-state index contributed by atoms with van der Waals surface area (Å²) >= 11 is 4.22. The first kappa shape index (κ1) is 14.1. The van der Waals surface area contributed by atoms with Crippen molar-refractivity contribution in [1.29, 1.82) is 0 Å². The molecule has 1 saturated heterocycles. The first-order valence-corrected chi connectivity index (χ1v) is 8.94. The molecule has 0 aliphatic carbocycles. The maximum Gasteiger partial charge on any atom is 0.0946 e. The van der Waals surface area contributed by atoms with Crippen molar-refractivity contribution in [3.05, 3.63) is 53.6 Å². The van der Waals surface area contributed by atoms with Crippen molar-refractivity contribution in [3.63, 3.8) is 0 Å². The average molecular weight is 304 g/mol. The van der Waals surface area contributed by atoms with E-state index in [1.54, 1.807) is 0 Å². The maximum atomic E-state index is 4.18. The molecule has 0 saturated carbocycles. The van der Waals surface area contributed by atoms with E-state index in [0.717, 1.165) is 13.0 Å². The zero-order valence-electron chi connectivity index (χ0n) is 12.0. The molecule has 2 nitrogen and oxygen atoms in total. The quantitative estimate of drug-likeness (QED) is 0.852. The summed E-state index contributed by atoms with van der Waals surface area (Å²) in [6.45, 7) is 5.43. The van der Waals surface area contributed by atoms with Gasteiger partial charge in [0.05, 0.1) is 10.4 Å². The fraction of sp³-hybridized carbons (Fsp3) is 0.438. The Hall–Kier alpha value is -0.870. The van der Waals surface area contributed by atoms with Gasteiger partial charge in [-0.25, -0.2) is 4.98 Å². The molecule has 0 N–H and O–H groups in total. The van der Waals surface area contributed by atoms with Gasteiger partial charge in [0.2, 0.25) is 0 Å². The van der Waals surface area contributed by atoms with Gasteiger partial charge in [0, 0.05) is 30.4 Å². The predicted octanol–water partition coefficient (Wildman–Crippen LogP) is 3.92. The molecule has 106 valence electrons. The van der Waals surface area contributed by atoms with Crippen molar-refractivity contribution in [2.24, 2.45) is 0 Å². The third kappa shape index (κ3) is 3.07. The normalized spacial score (nSPS) is 17.5. The molecule has 1 aromatic carbocycles. The number of imidazole rings is 1. The Morgan fingerprint density at radius 2 is 2.05 bits per heavy atom. The number of aryl methyl sites for hydroxylation is 2. The lowest BCUT2D eigenvalue weighted by Gasteiger charge is -2.28. The summed E-state index contributed by atoms with van der Waals surface area (Å²) in [6, 6.07) is 6.84. The van der Waals surface area contributed by atoms with Crippen molar-refractivity contribution in [2.75, 3.05) is 11.5 Å². The molecule has 0 amide bonds. The molecule has 0 bridgehead atoms. The van der Waals surface area contributed by atoms with Gasteiger partial charge >= 0.3 is 0 Å². The summed E-state index contributed by atoms with van der Waals surface area (Å²) in [5, 5.41) is 0. The summed E-state index contributed by atoms with van der Waals surface area (Å²) in [4.78, 5) is 4.18. The fourth-order valence-electron chi connectivity index (χ4n) is 2.74. The second-order valence-electron chi connectivity index (χ2n) is 5.45. The zero-order valence-corrected chi connectivity index (χ0v) is 13.6. The van der Waals surface area contributed by atoms with Gasteiger partial charge in [-0.15, -0.1) is 23.5 Å². The van der Waals surface area contributed by atoms with Gasteiger partial charge in [0.25, 0.3) is 0 Å². The molecule has 1 aliphatic heterocycles. The summed E-state index contributed by atoms with van der Waals surface area (Å²) in [7, 11) is 0. The largest absolute Gasteiger partial charge is 0.335 e. The van der Waals surface area contributed by atoms with Gasteiger partial charge in [-0.3, -0.25) is 0 Å². The van der Waals surface area contributed by atoms with Crippen LogP contribution in [0.4, 0.5) is 0 Å². The van der Waals surface area contributed by atoms with Crippen LogP contribution >= 0.6 is 23.5 Å². The average Bonchev–Trinajstić information content (AvgIpc) is 3.06. The van der Waals surface area contributed by atoms with Gasteiger partial charge in [-0.1, -0.05) is 23.8 Å². The molecule has 1 aliphatic rings. The van der Waals surface area contributed by atoms with Gasteiger partial charge < -0.3 is 4.57 Å². The lowest BCUT2D eigenvalue weighted by molar-refractivity contribution is 0.624. The van der Waals surface area contributed by atoms with Crippen molar-refractivity contribution < 1.29 is 0 Å². The Morgan fingerprint density at radius 3 is 2.70 bits per heavy atom. The first-order valence-electron chi connectivity index (χ1n) is 6.97. The summed E-state index contributed by atoms with van der Waals surface area (Å²) < 4.78 is 2.48. The molecule has 2 heterocycles. The number of benzene rings is 1. The number of rotatable bonds is 4. The van der Waals surface area contributed by atoms with Crippen LogP contribution in [0, 0.1) is 13.8 Å².